The van der Waals surface area contributed by atoms with Crippen LogP contribution in [0.15, 0.2) is 45.7 Å². The number of aliphatic hydroxyl groups is 1. The fourth-order valence-electron chi connectivity index (χ4n) is 3.96. The second-order valence-electron chi connectivity index (χ2n) is 6.99. The summed E-state index contributed by atoms with van der Waals surface area (Å²) in [6.07, 6.45) is 6.64. The van der Waals surface area contributed by atoms with Crippen molar-refractivity contribution in [2.75, 3.05) is 37.8 Å². The second-order valence-corrected chi connectivity index (χ2v) is 7.83. The Morgan fingerprint density at radius 3 is 2.74 bits per heavy atom. The van der Waals surface area contributed by atoms with Crippen molar-refractivity contribution in [2.24, 2.45) is 4.40 Å². The van der Waals surface area contributed by atoms with Crippen molar-refractivity contribution < 1.29 is 9.84 Å². The minimum absolute atomic E-state index is 0.0739. The van der Waals surface area contributed by atoms with Crippen LogP contribution in [0.2, 0.25) is 0 Å². The summed E-state index contributed by atoms with van der Waals surface area (Å²) < 4.78 is 10.1. The van der Waals surface area contributed by atoms with Gasteiger partial charge in [-0.05, 0) is 42.9 Å². The molecule has 0 aromatic heterocycles. The van der Waals surface area contributed by atoms with E-state index in [1.165, 1.54) is 52.1 Å². The summed E-state index contributed by atoms with van der Waals surface area (Å²) in [6, 6.07) is 13.0. The maximum absolute atomic E-state index is 8.97. The normalized spacial score (nSPS) is 16.0. The van der Waals surface area contributed by atoms with Crippen LogP contribution in [-0.2, 0) is 11.2 Å². The van der Waals surface area contributed by atoms with E-state index < -0.39 is 0 Å². The van der Waals surface area contributed by atoms with Gasteiger partial charge in [0.2, 0.25) is 0 Å². The average molecular weight is 383 g/mol. The van der Waals surface area contributed by atoms with E-state index in [1.54, 1.807) is 11.9 Å². The first-order valence-electron chi connectivity index (χ1n) is 9.77. The van der Waals surface area contributed by atoms with Crippen molar-refractivity contribution in [1.82, 2.24) is 0 Å². The number of benzene rings is 2. The molecule has 1 fully saturated rings. The topological polar surface area (TPSA) is 45.1 Å². The predicted molar refractivity (Wildman–Crippen MR) is 113 cm³/mol. The van der Waals surface area contributed by atoms with Crippen LogP contribution in [-0.4, -0.2) is 44.2 Å². The third-order valence-corrected chi connectivity index (χ3v) is 5.97. The van der Waals surface area contributed by atoms with Gasteiger partial charge in [-0.15, -0.1) is 0 Å². The van der Waals surface area contributed by atoms with Crippen LogP contribution in [0, 0.1) is 0 Å². The molecule has 4 rings (SSSR count). The molecule has 0 atom stereocenters. The number of piperidine rings is 1. The van der Waals surface area contributed by atoms with Crippen molar-refractivity contribution in [2.45, 2.75) is 30.6 Å². The van der Waals surface area contributed by atoms with Crippen LogP contribution >= 0.6 is 11.9 Å². The first-order chi connectivity index (χ1) is 13.4. The van der Waals surface area contributed by atoms with E-state index in [0.29, 0.717) is 13.2 Å². The van der Waals surface area contributed by atoms with Gasteiger partial charge in [0.15, 0.2) is 0 Å². The molecule has 5 heteroatoms. The number of hydrogen-bond donors (Lipinski definition) is 1. The Morgan fingerprint density at radius 1 is 1.04 bits per heavy atom. The molecule has 0 amide bonds. The largest absolute Gasteiger partial charge is 0.394 e. The molecule has 142 valence electrons. The van der Waals surface area contributed by atoms with E-state index in [0.717, 1.165) is 19.5 Å². The van der Waals surface area contributed by atoms with Crippen LogP contribution < -0.4 is 4.90 Å². The molecular weight excluding hydrogens is 356 g/mol. The number of nitrogens with zero attached hydrogens (tertiary/aromatic N) is 2. The third kappa shape index (κ3) is 4.05. The van der Waals surface area contributed by atoms with Crippen molar-refractivity contribution in [3.8, 4) is 11.1 Å². The zero-order chi connectivity index (χ0) is 18.5. The average Bonchev–Trinajstić information content (AvgIpc) is 2.91. The number of aliphatic hydroxyl groups excluding tert-OH is 1. The fourth-order valence-corrected chi connectivity index (χ4v) is 4.67. The molecule has 2 heterocycles. The third-order valence-electron chi connectivity index (χ3n) is 5.22. The van der Waals surface area contributed by atoms with Crippen LogP contribution in [0.4, 0.5) is 5.69 Å². The number of ether oxygens (including phenoxy) is 1. The maximum atomic E-state index is 8.97. The Morgan fingerprint density at radius 2 is 1.89 bits per heavy atom. The zero-order valence-corrected chi connectivity index (χ0v) is 16.4. The maximum Gasteiger partial charge on any atom is 0.0697 e. The van der Waals surface area contributed by atoms with Gasteiger partial charge < -0.3 is 14.7 Å². The van der Waals surface area contributed by atoms with E-state index >= 15 is 0 Å². The minimum atomic E-state index is 0.0739. The minimum Gasteiger partial charge on any atom is -0.394 e. The lowest BCUT2D eigenvalue weighted by Crippen LogP contribution is -2.31. The molecule has 0 unspecified atom stereocenters. The van der Waals surface area contributed by atoms with Crippen LogP contribution in [0.3, 0.4) is 0 Å². The standard InChI is InChI=1S/C22H26N2O2S/c25-13-15-26-14-10-17-8-9-20-21(22(17)24-11-4-1-5-12-24)19-7-3-2-6-18(19)16-23-27-20/h2-3,6-9,16,25H,1,4-5,10-15H2. The van der Waals surface area contributed by atoms with Crippen molar-refractivity contribution >= 4 is 23.8 Å². The summed E-state index contributed by atoms with van der Waals surface area (Å²) in [5, 5.41) is 8.97. The van der Waals surface area contributed by atoms with E-state index in [1.807, 2.05) is 6.21 Å². The Balaban J connectivity index is 1.80. The summed E-state index contributed by atoms with van der Waals surface area (Å²) in [5.41, 5.74) is 6.43. The first-order valence-corrected chi connectivity index (χ1v) is 10.5. The van der Waals surface area contributed by atoms with E-state index in [4.69, 9.17) is 9.84 Å². The molecule has 2 aliphatic rings. The van der Waals surface area contributed by atoms with E-state index in [9.17, 15) is 0 Å². The molecule has 0 saturated carbocycles. The molecule has 27 heavy (non-hydrogen) atoms. The Labute approximate surface area is 165 Å². The number of rotatable bonds is 6. The summed E-state index contributed by atoms with van der Waals surface area (Å²) in [6.45, 7) is 3.32. The van der Waals surface area contributed by atoms with E-state index in [2.05, 4.69) is 45.7 Å². The van der Waals surface area contributed by atoms with Gasteiger partial charge in [0.1, 0.15) is 0 Å². The quantitative estimate of drug-likeness (QED) is 0.596. The summed E-state index contributed by atoms with van der Waals surface area (Å²) in [7, 11) is 0. The van der Waals surface area contributed by atoms with Crippen LogP contribution in [0.5, 0.6) is 0 Å². The molecule has 0 bridgehead atoms. The summed E-state index contributed by atoms with van der Waals surface area (Å²) in [5.74, 6) is 0. The Bertz CT molecular complexity index is 816. The monoisotopic (exact) mass is 382 g/mol. The summed E-state index contributed by atoms with van der Waals surface area (Å²) >= 11 is 1.56. The van der Waals surface area contributed by atoms with Crippen molar-refractivity contribution in [1.29, 1.82) is 0 Å². The van der Waals surface area contributed by atoms with Gasteiger partial charge in [-0.1, -0.05) is 30.3 Å². The number of hydrogen-bond acceptors (Lipinski definition) is 5. The highest BCUT2D eigenvalue weighted by molar-refractivity contribution is 7.98. The molecule has 0 spiro atoms. The SMILES string of the molecule is OCCOCCc1ccc2c(c1N1CCCCC1)-c1ccccc1C=NS2. The van der Waals surface area contributed by atoms with Gasteiger partial charge in [-0.3, -0.25) is 0 Å². The predicted octanol–water partition coefficient (Wildman–Crippen LogP) is 4.33. The highest BCUT2D eigenvalue weighted by atomic mass is 32.2. The molecule has 1 N–H and O–H groups in total. The van der Waals surface area contributed by atoms with Gasteiger partial charge >= 0.3 is 0 Å². The van der Waals surface area contributed by atoms with Crippen molar-refractivity contribution in [3.05, 3.63) is 47.5 Å². The molecule has 4 nitrogen and oxygen atoms in total. The van der Waals surface area contributed by atoms with Gasteiger partial charge in [-0.2, -0.15) is 0 Å². The van der Waals surface area contributed by atoms with Gasteiger partial charge in [0, 0.05) is 53.0 Å². The highest BCUT2D eigenvalue weighted by Gasteiger charge is 2.24. The molecule has 2 aliphatic heterocycles. The molecule has 2 aromatic rings. The van der Waals surface area contributed by atoms with Gasteiger partial charge in [0.25, 0.3) is 0 Å². The molecular formula is C22H26N2O2S. The van der Waals surface area contributed by atoms with Gasteiger partial charge in [-0.25, -0.2) is 4.40 Å². The Hall–Kier alpha value is -1.82. The molecule has 2 aromatic carbocycles. The molecule has 0 aliphatic carbocycles. The lowest BCUT2D eigenvalue weighted by molar-refractivity contribution is 0.0944. The Kier molecular flexibility index (Phi) is 6.12. The van der Waals surface area contributed by atoms with Crippen LogP contribution in [0.25, 0.3) is 11.1 Å². The van der Waals surface area contributed by atoms with E-state index in [-0.39, 0.29) is 6.61 Å². The molecule has 1 saturated heterocycles. The van der Waals surface area contributed by atoms with Gasteiger partial charge in [0.05, 0.1) is 19.8 Å². The first kappa shape index (κ1) is 18.5. The lowest BCUT2D eigenvalue weighted by Gasteiger charge is -2.33. The molecule has 0 radical (unpaired) electrons. The smallest absolute Gasteiger partial charge is 0.0697 e. The van der Waals surface area contributed by atoms with Crippen LogP contribution in [0.1, 0.15) is 30.4 Å². The zero-order valence-electron chi connectivity index (χ0n) is 15.6. The fraction of sp³-hybridized carbons (Fsp3) is 0.409. The van der Waals surface area contributed by atoms with Crippen molar-refractivity contribution in [3.63, 3.8) is 0 Å². The highest BCUT2D eigenvalue weighted by Crippen LogP contribution is 2.45. The second kappa shape index (κ2) is 8.91. The number of anilines is 1. The lowest BCUT2D eigenvalue weighted by atomic mass is 9.93. The summed E-state index contributed by atoms with van der Waals surface area (Å²) in [4.78, 5) is 3.78. The number of fused-ring (bicyclic) bond motifs is 3.